The highest BCUT2D eigenvalue weighted by Crippen LogP contribution is 2.28. The largest absolute Gasteiger partial charge is 0.326 e. The molecule has 0 unspecified atom stereocenters. The lowest BCUT2D eigenvalue weighted by molar-refractivity contribution is -0.384. The van der Waals surface area contributed by atoms with Gasteiger partial charge in [0.25, 0.3) is 5.69 Å². The number of hydrogen-bond donors (Lipinski definition) is 1. The molecule has 0 aliphatic heterocycles. The van der Waals surface area contributed by atoms with Gasteiger partial charge in [-0.2, -0.15) is 0 Å². The van der Waals surface area contributed by atoms with Crippen molar-refractivity contribution in [3.63, 3.8) is 0 Å². The molecule has 0 saturated heterocycles. The Hall–Kier alpha value is -3.46. The maximum Gasteiger partial charge on any atom is 0.271 e. The first kappa shape index (κ1) is 22.2. The van der Waals surface area contributed by atoms with Crippen molar-refractivity contribution in [2.45, 2.75) is 19.8 Å². The number of carbonyl (C=O) groups is 1. The molecule has 3 rings (SSSR count). The molecule has 0 heterocycles. The van der Waals surface area contributed by atoms with Crippen molar-refractivity contribution in [2.75, 3.05) is 22.4 Å². The molecule has 162 valence electrons. The Labute approximate surface area is 180 Å². The summed E-state index contributed by atoms with van der Waals surface area (Å²) in [7, 11) is -3.69. The van der Waals surface area contributed by atoms with Crippen molar-refractivity contribution in [3.8, 4) is 0 Å². The van der Waals surface area contributed by atoms with Crippen molar-refractivity contribution in [1.82, 2.24) is 0 Å². The van der Waals surface area contributed by atoms with Gasteiger partial charge in [0.05, 0.1) is 16.9 Å². The molecule has 8 nitrogen and oxygen atoms in total. The summed E-state index contributed by atoms with van der Waals surface area (Å²) in [6.45, 7) is 1.72. The Balaban J connectivity index is 1.71. The summed E-state index contributed by atoms with van der Waals surface area (Å²) in [5.41, 5.74) is 1.34. The molecule has 0 atom stereocenters. The van der Waals surface area contributed by atoms with Crippen molar-refractivity contribution in [3.05, 3.63) is 76.3 Å². The van der Waals surface area contributed by atoms with Crippen LogP contribution in [0.3, 0.4) is 0 Å². The van der Waals surface area contributed by atoms with Crippen LogP contribution in [0.25, 0.3) is 10.8 Å². The fraction of sp³-hybridized carbons (Fsp3) is 0.227. The fourth-order valence-electron chi connectivity index (χ4n) is 3.38. The molecule has 0 aliphatic rings. The van der Waals surface area contributed by atoms with Gasteiger partial charge in [0, 0.05) is 36.2 Å². The number of non-ortho nitro benzene ring substituents is 1. The lowest BCUT2D eigenvalue weighted by Gasteiger charge is -2.24. The molecular weight excluding hydrogens is 418 g/mol. The third kappa shape index (κ3) is 5.37. The molecule has 3 aromatic carbocycles. The number of sulfonamides is 1. The zero-order chi connectivity index (χ0) is 22.6. The van der Waals surface area contributed by atoms with Crippen LogP contribution in [0.15, 0.2) is 60.7 Å². The van der Waals surface area contributed by atoms with Crippen LogP contribution in [0.5, 0.6) is 0 Å². The predicted molar refractivity (Wildman–Crippen MR) is 122 cm³/mol. The third-order valence-electron chi connectivity index (χ3n) is 4.90. The van der Waals surface area contributed by atoms with Gasteiger partial charge < -0.3 is 5.32 Å². The molecule has 31 heavy (non-hydrogen) atoms. The average molecular weight is 442 g/mol. The SMILES string of the molecule is Cc1ccc([N+](=O)[O-])cc1N(CCCC(=O)Nc1cccc2ccccc12)S(C)(=O)=O. The Morgan fingerprint density at radius 3 is 2.52 bits per heavy atom. The van der Waals surface area contributed by atoms with Gasteiger partial charge in [0.2, 0.25) is 15.9 Å². The monoisotopic (exact) mass is 441 g/mol. The van der Waals surface area contributed by atoms with Crippen molar-refractivity contribution < 1.29 is 18.1 Å². The first-order valence-electron chi connectivity index (χ1n) is 9.67. The highest BCUT2D eigenvalue weighted by atomic mass is 32.2. The lowest BCUT2D eigenvalue weighted by Crippen LogP contribution is -2.32. The second-order valence-corrected chi connectivity index (χ2v) is 9.15. The molecule has 1 amide bonds. The Morgan fingerprint density at radius 2 is 1.81 bits per heavy atom. The first-order valence-corrected chi connectivity index (χ1v) is 11.5. The van der Waals surface area contributed by atoms with Gasteiger partial charge in [0.15, 0.2) is 0 Å². The van der Waals surface area contributed by atoms with Gasteiger partial charge in [-0.05, 0) is 30.4 Å². The molecule has 9 heteroatoms. The normalized spacial score (nSPS) is 11.3. The van der Waals surface area contributed by atoms with Crippen LogP contribution >= 0.6 is 0 Å². The highest BCUT2D eigenvalue weighted by Gasteiger charge is 2.22. The van der Waals surface area contributed by atoms with E-state index in [1.807, 2.05) is 42.5 Å². The zero-order valence-electron chi connectivity index (χ0n) is 17.2. The van der Waals surface area contributed by atoms with Crippen LogP contribution in [-0.4, -0.2) is 32.0 Å². The number of fused-ring (bicyclic) bond motifs is 1. The number of benzene rings is 3. The van der Waals surface area contributed by atoms with E-state index in [0.29, 0.717) is 11.3 Å². The molecular formula is C22H23N3O5S. The topological polar surface area (TPSA) is 110 Å². The molecule has 0 saturated carbocycles. The summed E-state index contributed by atoms with van der Waals surface area (Å²) in [4.78, 5) is 23.0. The highest BCUT2D eigenvalue weighted by molar-refractivity contribution is 7.92. The van der Waals surface area contributed by atoms with E-state index < -0.39 is 14.9 Å². The van der Waals surface area contributed by atoms with E-state index in [1.165, 1.54) is 18.2 Å². The number of nitrogens with zero attached hydrogens (tertiary/aromatic N) is 2. The number of anilines is 2. The Bertz CT molecular complexity index is 1240. The second kappa shape index (κ2) is 9.13. The van der Waals surface area contributed by atoms with Crippen molar-refractivity contribution >= 4 is 43.8 Å². The maximum absolute atomic E-state index is 12.5. The van der Waals surface area contributed by atoms with E-state index in [9.17, 15) is 23.3 Å². The first-order chi connectivity index (χ1) is 14.7. The number of rotatable bonds is 8. The van der Waals surface area contributed by atoms with E-state index >= 15 is 0 Å². The molecule has 0 fully saturated rings. The minimum Gasteiger partial charge on any atom is -0.326 e. The van der Waals surface area contributed by atoms with E-state index in [2.05, 4.69) is 5.32 Å². The molecule has 0 aliphatic carbocycles. The van der Waals surface area contributed by atoms with Gasteiger partial charge in [-0.3, -0.25) is 19.2 Å². The molecule has 3 aromatic rings. The smallest absolute Gasteiger partial charge is 0.271 e. The predicted octanol–water partition coefficient (Wildman–Crippen LogP) is 4.24. The van der Waals surface area contributed by atoms with Gasteiger partial charge >= 0.3 is 0 Å². The van der Waals surface area contributed by atoms with Crippen LogP contribution in [0.2, 0.25) is 0 Å². The maximum atomic E-state index is 12.5. The molecule has 0 radical (unpaired) electrons. The van der Waals surface area contributed by atoms with E-state index in [4.69, 9.17) is 0 Å². The number of nitro benzene ring substituents is 1. The standard InChI is InChI=1S/C22H23N3O5S/c1-16-12-13-18(25(27)28)15-21(16)24(31(2,29)30)14-6-11-22(26)23-20-10-5-8-17-7-3-4-9-19(17)20/h3-5,7-10,12-13,15H,6,11,14H2,1-2H3,(H,23,26). The van der Waals surface area contributed by atoms with Crippen LogP contribution in [0.4, 0.5) is 17.1 Å². The zero-order valence-corrected chi connectivity index (χ0v) is 18.1. The molecule has 0 aromatic heterocycles. The minimum absolute atomic E-state index is 0.0315. The fourth-order valence-corrected chi connectivity index (χ4v) is 4.39. The Kier molecular flexibility index (Phi) is 6.55. The summed E-state index contributed by atoms with van der Waals surface area (Å²) >= 11 is 0. The van der Waals surface area contributed by atoms with Gasteiger partial charge in [0.1, 0.15) is 0 Å². The van der Waals surface area contributed by atoms with E-state index in [1.54, 1.807) is 6.92 Å². The number of aryl methyl sites for hydroxylation is 1. The van der Waals surface area contributed by atoms with Crippen LogP contribution in [-0.2, 0) is 14.8 Å². The summed E-state index contributed by atoms with van der Waals surface area (Å²) in [6.07, 6.45) is 1.40. The lowest BCUT2D eigenvalue weighted by atomic mass is 10.1. The average Bonchev–Trinajstić information content (AvgIpc) is 2.71. The van der Waals surface area contributed by atoms with Gasteiger partial charge in [-0.15, -0.1) is 0 Å². The van der Waals surface area contributed by atoms with Crippen molar-refractivity contribution in [1.29, 1.82) is 0 Å². The van der Waals surface area contributed by atoms with Crippen LogP contribution in [0, 0.1) is 17.0 Å². The summed E-state index contributed by atoms with van der Waals surface area (Å²) in [6, 6.07) is 17.4. The van der Waals surface area contributed by atoms with Crippen LogP contribution < -0.4 is 9.62 Å². The molecule has 0 spiro atoms. The number of nitrogens with one attached hydrogen (secondary N) is 1. The summed E-state index contributed by atoms with van der Waals surface area (Å²) in [5.74, 6) is -0.236. The number of amides is 1. The van der Waals surface area contributed by atoms with Gasteiger partial charge in [-0.1, -0.05) is 42.5 Å². The van der Waals surface area contributed by atoms with Gasteiger partial charge in [-0.25, -0.2) is 8.42 Å². The second-order valence-electron chi connectivity index (χ2n) is 7.24. The van der Waals surface area contributed by atoms with Crippen LogP contribution in [0.1, 0.15) is 18.4 Å². The number of carbonyl (C=O) groups excluding carboxylic acids is 1. The van der Waals surface area contributed by atoms with E-state index in [-0.39, 0.29) is 36.7 Å². The van der Waals surface area contributed by atoms with E-state index in [0.717, 1.165) is 21.3 Å². The summed E-state index contributed by atoms with van der Waals surface area (Å²) in [5, 5.41) is 15.9. The van der Waals surface area contributed by atoms with Crippen molar-refractivity contribution in [2.24, 2.45) is 0 Å². The third-order valence-corrected chi connectivity index (χ3v) is 6.08. The molecule has 1 N–H and O–H groups in total. The number of hydrogen-bond acceptors (Lipinski definition) is 5. The Morgan fingerprint density at radius 1 is 1.10 bits per heavy atom. The minimum atomic E-state index is -3.69. The number of nitro groups is 1. The summed E-state index contributed by atoms with van der Waals surface area (Å²) < 4.78 is 25.8. The molecule has 0 bridgehead atoms. The quantitative estimate of drug-likeness (QED) is 0.415.